The van der Waals surface area contributed by atoms with Crippen molar-refractivity contribution >= 4 is 22.8 Å². The maximum absolute atomic E-state index is 11.4. The monoisotopic (exact) mass is 316 g/mol. The van der Waals surface area contributed by atoms with E-state index in [9.17, 15) is 9.59 Å². The van der Waals surface area contributed by atoms with Gasteiger partial charge >= 0.3 is 5.97 Å². The number of esters is 1. The van der Waals surface area contributed by atoms with Gasteiger partial charge in [-0.3, -0.25) is 14.6 Å². The number of nitrogens with one attached hydrogen (secondary N) is 1. The second-order valence-corrected chi connectivity index (χ2v) is 5.16. The maximum Gasteiger partial charge on any atom is 0.305 e. The van der Waals surface area contributed by atoms with Gasteiger partial charge in [0, 0.05) is 18.7 Å². The standard InChI is InChI=1S/C17H20N2O4/c1-11(20)18-15(8-9-17(21)23-3)16-6-4-12-10-13(22-2)5-7-14(12)19-16/h4-7,10,15H,8-9H2,1-3H3,(H,18,20)/t15-/m0/s1. The number of carbonyl (C=O) groups excluding carboxylic acids is 2. The van der Waals surface area contributed by atoms with Crippen molar-refractivity contribution in [2.45, 2.75) is 25.8 Å². The SMILES string of the molecule is COC(=O)CC[C@H](NC(C)=O)c1ccc2cc(OC)ccc2n1. The van der Waals surface area contributed by atoms with Gasteiger partial charge in [0.1, 0.15) is 5.75 Å². The van der Waals surface area contributed by atoms with E-state index >= 15 is 0 Å². The first-order chi connectivity index (χ1) is 11.0. The van der Waals surface area contributed by atoms with Crippen LogP contribution >= 0.6 is 0 Å². The fraction of sp³-hybridized carbons (Fsp3) is 0.353. The van der Waals surface area contributed by atoms with Crippen molar-refractivity contribution in [2.75, 3.05) is 14.2 Å². The Morgan fingerprint density at radius 1 is 1.22 bits per heavy atom. The number of carbonyl (C=O) groups is 2. The average Bonchev–Trinajstić information content (AvgIpc) is 2.56. The van der Waals surface area contributed by atoms with Gasteiger partial charge in [-0.15, -0.1) is 0 Å². The van der Waals surface area contributed by atoms with Crippen molar-refractivity contribution < 1.29 is 19.1 Å². The molecular formula is C17H20N2O4. The first-order valence-electron chi connectivity index (χ1n) is 7.32. The van der Waals surface area contributed by atoms with Crippen LogP contribution in [0.15, 0.2) is 30.3 Å². The molecule has 122 valence electrons. The molecule has 1 heterocycles. The van der Waals surface area contributed by atoms with Crippen molar-refractivity contribution in [1.29, 1.82) is 0 Å². The summed E-state index contributed by atoms with van der Waals surface area (Å²) in [6, 6.07) is 9.03. The molecule has 1 N–H and O–H groups in total. The summed E-state index contributed by atoms with van der Waals surface area (Å²) in [4.78, 5) is 27.3. The first-order valence-corrected chi connectivity index (χ1v) is 7.32. The Balaban J connectivity index is 2.27. The molecule has 1 aromatic carbocycles. The molecule has 6 heteroatoms. The van der Waals surface area contributed by atoms with Gasteiger partial charge in [-0.05, 0) is 30.7 Å². The molecular weight excluding hydrogens is 296 g/mol. The summed E-state index contributed by atoms with van der Waals surface area (Å²) in [6.45, 7) is 1.44. The Hall–Kier alpha value is -2.63. The smallest absolute Gasteiger partial charge is 0.305 e. The van der Waals surface area contributed by atoms with Gasteiger partial charge in [0.15, 0.2) is 0 Å². The molecule has 1 atom stereocenters. The molecule has 23 heavy (non-hydrogen) atoms. The highest BCUT2D eigenvalue weighted by atomic mass is 16.5. The number of fused-ring (bicyclic) bond motifs is 1. The van der Waals surface area contributed by atoms with Crippen LogP contribution in [0.4, 0.5) is 0 Å². The van der Waals surface area contributed by atoms with Gasteiger partial charge in [0.2, 0.25) is 5.91 Å². The topological polar surface area (TPSA) is 77.5 Å². The van der Waals surface area contributed by atoms with E-state index in [1.165, 1.54) is 14.0 Å². The molecule has 0 aliphatic rings. The Bertz CT molecular complexity index is 715. The quantitative estimate of drug-likeness (QED) is 0.828. The lowest BCUT2D eigenvalue weighted by atomic mass is 10.1. The van der Waals surface area contributed by atoms with Gasteiger partial charge in [0.25, 0.3) is 0 Å². The predicted octanol–water partition coefficient (Wildman–Crippen LogP) is 2.37. The zero-order valence-electron chi connectivity index (χ0n) is 13.5. The molecule has 0 spiro atoms. The van der Waals surface area contributed by atoms with Crippen LogP contribution in [0.3, 0.4) is 0 Å². The summed E-state index contributed by atoms with van der Waals surface area (Å²) >= 11 is 0. The number of pyridine rings is 1. The summed E-state index contributed by atoms with van der Waals surface area (Å²) in [6.07, 6.45) is 0.644. The van der Waals surface area contributed by atoms with Crippen LogP contribution in [0.2, 0.25) is 0 Å². The highest BCUT2D eigenvalue weighted by Gasteiger charge is 2.16. The van der Waals surface area contributed by atoms with Crippen LogP contribution < -0.4 is 10.1 Å². The molecule has 0 radical (unpaired) electrons. The average molecular weight is 316 g/mol. The zero-order valence-corrected chi connectivity index (χ0v) is 13.5. The van der Waals surface area contributed by atoms with Gasteiger partial charge < -0.3 is 14.8 Å². The van der Waals surface area contributed by atoms with E-state index < -0.39 is 0 Å². The first kappa shape index (κ1) is 16.7. The summed E-state index contributed by atoms with van der Waals surface area (Å²) in [5, 5.41) is 3.78. The number of hydrogen-bond donors (Lipinski definition) is 1. The van der Waals surface area contributed by atoms with E-state index in [-0.39, 0.29) is 24.3 Å². The van der Waals surface area contributed by atoms with Crippen molar-refractivity contribution in [2.24, 2.45) is 0 Å². The van der Waals surface area contributed by atoms with Crippen molar-refractivity contribution in [3.63, 3.8) is 0 Å². The molecule has 6 nitrogen and oxygen atoms in total. The fourth-order valence-corrected chi connectivity index (χ4v) is 2.34. The summed E-state index contributed by atoms with van der Waals surface area (Å²) in [5.41, 5.74) is 1.51. The lowest BCUT2D eigenvalue weighted by Gasteiger charge is -2.17. The van der Waals surface area contributed by atoms with E-state index in [0.717, 1.165) is 16.7 Å². The number of benzene rings is 1. The van der Waals surface area contributed by atoms with Gasteiger partial charge in [-0.2, -0.15) is 0 Å². The molecule has 0 saturated carbocycles. The second kappa shape index (κ2) is 7.58. The van der Waals surface area contributed by atoms with E-state index in [2.05, 4.69) is 15.0 Å². The van der Waals surface area contributed by atoms with Crippen molar-refractivity contribution in [1.82, 2.24) is 10.3 Å². The molecule has 2 aromatic rings. The molecule has 1 aromatic heterocycles. The van der Waals surface area contributed by atoms with Crippen LogP contribution in [-0.4, -0.2) is 31.1 Å². The highest BCUT2D eigenvalue weighted by Crippen LogP contribution is 2.23. The zero-order chi connectivity index (χ0) is 16.8. The Kier molecular flexibility index (Phi) is 5.51. The summed E-state index contributed by atoms with van der Waals surface area (Å²) < 4.78 is 9.85. The van der Waals surface area contributed by atoms with E-state index in [0.29, 0.717) is 12.1 Å². The molecule has 0 bridgehead atoms. The molecule has 0 saturated heterocycles. The molecule has 2 rings (SSSR count). The summed E-state index contributed by atoms with van der Waals surface area (Å²) in [7, 11) is 2.96. The third kappa shape index (κ3) is 4.42. The van der Waals surface area contributed by atoms with E-state index in [1.54, 1.807) is 7.11 Å². The molecule has 0 fully saturated rings. The highest BCUT2D eigenvalue weighted by molar-refractivity contribution is 5.80. The number of ether oxygens (including phenoxy) is 2. The molecule has 0 aliphatic carbocycles. The number of hydrogen-bond acceptors (Lipinski definition) is 5. The second-order valence-electron chi connectivity index (χ2n) is 5.16. The minimum absolute atomic E-state index is 0.170. The maximum atomic E-state index is 11.4. The normalized spacial score (nSPS) is 11.8. The molecule has 0 aliphatic heterocycles. The third-order valence-electron chi connectivity index (χ3n) is 3.52. The van der Waals surface area contributed by atoms with Gasteiger partial charge in [0.05, 0.1) is 31.5 Å². The molecule has 1 amide bonds. The van der Waals surface area contributed by atoms with Crippen LogP contribution in [0.1, 0.15) is 31.5 Å². The van der Waals surface area contributed by atoms with Crippen molar-refractivity contribution in [3.8, 4) is 5.75 Å². The summed E-state index contributed by atoms with van der Waals surface area (Å²) in [5.74, 6) is 0.276. The van der Waals surface area contributed by atoms with Crippen LogP contribution in [0.5, 0.6) is 5.75 Å². The number of nitrogens with zero attached hydrogens (tertiary/aromatic N) is 1. The Morgan fingerprint density at radius 2 is 2.00 bits per heavy atom. The number of amides is 1. The van der Waals surface area contributed by atoms with Crippen LogP contribution in [-0.2, 0) is 14.3 Å². The van der Waals surface area contributed by atoms with Crippen LogP contribution in [0.25, 0.3) is 10.9 Å². The molecule has 0 unspecified atom stereocenters. The number of methoxy groups -OCH3 is 2. The number of rotatable bonds is 6. The van der Waals surface area contributed by atoms with E-state index in [4.69, 9.17) is 4.74 Å². The minimum Gasteiger partial charge on any atom is -0.497 e. The van der Waals surface area contributed by atoms with Crippen LogP contribution in [0, 0.1) is 0 Å². The van der Waals surface area contributed by atoms with E-state index in [1.807, 2.05) is 30.3 Å². The third-order valence-corrected chi connectivity index (χ3v) is 3.52. The minimum atomic E-state index is -0.335. The van der Waals surface area contributed by atoms with Crippen molar-refractivity contribution in [3.05, 3.63) is 36.0 Å². The Morgan fingerprint density at radius 3 is 2.65 bits per heavy atom. The van der Waals surface area contributed by atoms with Gasteiger partial charge in [-0.1, -0.05) is 6.07 Å². The largest absolute Gasteiger partial charge is 0.497 e. The fourth-order valence-electron chi connectivity index (χ4n) is 2.34. The predicted molar refractivity (Wildman–Crippen MR) is 86.1 cm³/mol. The lowest BCUT2D eigenvalue weighted by molar-refractivity contribution is -0.141. The number of aromatic nitrogens is 1. The van der Waals surface area contributed by atoms with Gasteiger partial charge in [-0.25, -0.2) is 0 Å². The lowest BCUT2D eigenvalue weighted by Crippen LogP contribution is -2.27. The Labute approximate surface area is 134 Å².